The number of halogens is 3. The molecule has 1 amide bonds. The van der Waals surface area contributed by atoms with E-state index >= 15 is 0 Å². The molecular weight excluding hydrogens is 534 g/mol. The lowest BCUT2D eigenvalue weighted by Gasteiger charge is -2.42. The molecule has 0 aromatic heterocycles. The Balaban J connectivity index is 0.000000436. The Labute approximate surface area is 230 Å². The molecule has 1 atom stereocenters. The van der Waals surface area contributed by atoms with Crippen LogP contribution in [0.1, 0.15) is 36.9 Å². The zero-order chi connectivity index (χ0) is 28.0. The zero-order valence-electron chi connectivity index (χ0n) is 21.0. The molecule has 0 saturated carbocycles. The van der Waals surface area contributed by atoms with Gasteiger partial charge < -0.3 is 20.0 Å². The summed E-state index contributed by atoms with van der Waals surface area (Å²) in [4.78, 5) is 36.9. The number of benzene rings is 2. The summed E-state index contributed by atoms with van der Waals surface area (Å²) < 4.78 is 13.6. The molecule has 1 unspecified atom stereocenters. The van der Waals surface area contributed by atoms with Crippen molar-refractivity contribution in [1.29, 1.82) is 0 Å². The summed E-state index contributed by atoms with van der Waals surface area (Å²) in [5.41, 5.74) is 2.35. The molecule has 1 saturated heterocycles. The summed E-state index contributed by atoms with van der Waals surface area (Å²) in [5.74, 6) is -2.74. The molecule has 2 aliphatic heterocycles. The average molecular weight is 563 g/mol. The number of piperidine rings is 1. The number of rotatable bonds is 6. The molecule has 7 nitrogen and oxygen atoms in total. The van der Waals surface area contributed by atoms with E-state index in [0.717, 1.165) is 42.6 Å². The first-order valence-corrected chi connectivity index (χ1v) is 12.7. The number of hydrogen-bond donors (Lipinski definition) is 2. The topological polar surface area (TPSA) is 98.2 Å². The summed E-state index contributed by atoms with van der Waals surface area (Å²) in [7, 11) is 2.09. The minimum absolute atomic E-state index is 0.0347. The predicted molar refractivity (Wildman–Crippen MR) is 144 cm³/mol. The molecule has 38 heavy (non-hydrogen) atoms. The van der Waals surface area contributed by atoms with E-state index in [-0.39, 0.29) is 17.8 Å². The second kappa shape index (κ2) is 12.6. The van der Waals surface area contributed by atoms with E-state index in [1.54, 1.807) is 6.07 Å². The number of carboxylic acid groups (broad SMARTS) is 2. The van der Waals surface area contributed by atoms with Gasteiger partial charge in [-0.05, 0) is 81.4 Å². The van der Waals surface area contributed by atoms with Gasteiger partial charge in [0, 0.05) is 39.7 Å². The van der Waals surface area contributed by atoms with E-state index < -0.39 is 17.4 Å². The van der Waals surface area contributed by atoms with Gasteiger partial charge in [0.2, 0.25) is 0 Å². The smallest absolute Gasteiger partial charge is 0.328 e. The Hall–Kier alpha value is -3.20. The van der Waals surface area contributed by atoms with Gasteiger partial charge in [0.05, 0.1) is 6.04 Å². The van der Waals surface area contributed by atoms with Crippen LogP contribution in [0.15, 0.2) is 66.3 Å². The zero-order valence-corrected chi connectivity index (χ0v) is 22.5. The maximum Gasteiger partial charge on any atom is 0.328 e. The molecule has 202 valence electrons. The Morgan fingerprint density at radius 1 is 1.00 bits per heavy atom. The fraction of sp³-hybridized carbons (Fsp3) is 0.321. The average Bonchev–Trinajstić information content (AvgIpc) is 3.25. The van der Waals surface area contributed by atoms with Crippen molar-refractivity contribution >= 4 is 41.0 Å². The van der Waals surface area contributed by atoms with Gasteiger partial charge in [-0.3, -0.25) is 4.79 Å². The molecule has 2 heterocycles. The van der Waals surface area contributed by atoms with Crippen molar-refractivity contribution in [2.75, 3.05) is 26.7 Å². The Morgan fingerprint density at radius 2 is 1.53 bits per heavy atom. The maximum absolute atomic E-state index is 13.6. The third kappa shape index (κ3) is 7.01. The van der Waals surface area contributed by atoms with Gasteiger partial charge in [-0.25, -0.2) is 14.0 Å². The SMILES string of the molecule is CC(c1cc(Cl)cc(Cl)c1)N1CC=C(C2(c3ccc(F)cc3)CCN(C)CC2)C1=O.O=C(O)/C=C/C(=O)O. The lowest BCUT2D eigenvalue weighted by atomic mass is 9.67. The van der Waals surface area contributed by atoms with E-state index in [1.165, 1.54) is 12.1 Å². The van der Waals surface area contributed by atoms with Crippen LogP contribution >= 0.6 is 23.2 Å². The highest BCUT2D eigenvalue weighted by Crippen LogP contribution is 2.45. The van der Waals surface area contributed by atoms with Crippen LogP contribution in [0.4, 0.5) is 4.39 Å². The van der Waals surface area contributed by atoms with Crippen molar-refractivity contribution in [3.63, 3.8) is 0 Å². The molecule has 10 heteroatoms. The van der Waals surface area contributed by atoms with Gasteiger partial charge in [0.1, 0.15) is 5.82 Å². The number of amides is 1. The molecule has 0 radical (unpaired) electrons. The third-order valence-corrected chi connectivity index (χ3v) is 7.38. The second-order valence-electron chi connectivity index (χ2n) is 9.36. The first-order chi connectivity index (χ1) is 17.9. The number of aliphatic carboxylic acids is 2. The molecule has 0 bridgehead atoms. The highest BCUT2D eigenvalue weighted by atomic mass is 35.5. The summed E-state index contributed by atoms with van der Waals surface area (Å²) in [5, 5.41) is 16.7. The molecule has 0 spiro atoms. The van der Waals surface area contributed by atoms with Gasteiger partial charge in [-0.1, -0.05) is 41.4 Å². The predicted octanol–water partition coefficient (Wildman–Crippen LogP) is 5.34. The van der Waals surface area contributed by atoms with Crippen LogP contribution in [0, 0.1) is 5.82 Å². The number of carbonyl (C=O) groups excluding carboxylic acids is 1. The van der Waals surface area contributed by atoms with E-state index in [2.05, 4.69) is 18.0 Å². The van der Waals surface area contributed by atoms with Gasteiger partial charge in [-0.2, -0.15) is 0 Å². The third-order valence-electron chi connectivity index (χ3n) is 6.94. The standard InChI is InChI=1S/C24H25Cl2FN2O.C4H4O4/c1-16(17-13-19(25)15-20(26)14-17)29-10-7-22(23(29)30)24(8-11-28(2)12-9-24)18-3-5-21(27)6-4-18;5-3(6)1-2-4(7)8/h3-7,13-16H,8-12H2,1-2H3;1-2H,(H,5,6)(H,7,8)/b;2-1+. The molecule has 0 aliphatic carbocycles. The van der Waals surface area contributed by atoms with Crippen LogP contribution in [0.25, 0.3) is 0 Å². The molecule has 2 N–H and O–H groups in total. The second-order valence-corrected chi connectivity index (χ2v) is 10.2. The van der Waals surface area contributed by atoms with Crippen LogP contribution in [0.2, 0.25) is 10.0 Å². The first-order valence-electron chi connectivity index (χ1n) is 12.0. The molecule has 2 aromatic rings. The van der Waals surface area contributed by atoms with Gasteiger partial charge in [-0.15, -0.1) is 0 Å². The largest absolute Gasteiger partial charge is 0.478 e. The maximum atomic E-state index is 13.6. The lowest BCUT2D eigenvalue weighted by Crippen LogP contribution is -2.45. The van der Waals surface area contributed by atoms with Gasteiger partial charge in [0.15, 0.2) is 0 Å². The normalized spacial score (nSPS) is 18.1. The number of likely N-dealkylation sites (tertiary alicyclic amines) is 1. The number of hydrogen-bond acceptors (Lipinski definition) is 4. The summed E-state index contributed by atoms with van der Waals surface area (Å²) in [6.07, 6.45) is 4.83. The fourth-order valence-corrected chi connectivity index (χ4v) is 5.41. The number of carbonyl (C=O) groups is 3. The van der Waals surface area contributed by atoms with Crippen LogP contribution in [0.5, 0.6) is 0 Å². The highest BCUT2D eigenvalue weighted by molar-refractivity contribution is 6.34. The van der Waals surface area contributed by atoms with Crippen LogP contribution < -0.4 is 0 Å². The molecule has 2 aromatic carbocycles. The van der Waals surface area contributed by atoms with Crippen molar-refractivity contribution in [3.8, 4) is 0 Å². The summed E-state index contributed by atoms with van der Waals surface area (Å²) >= 11 is 12.4. The van der Waals surface area contributed by atoms with Crippen molar-refractivity contribution in [2.24, 2.45) is 0 Å². The quantitative estimate of drug-likeness (QED) is 0.461. The Kier molecular flexibility index (Phi) is 9.71. The van der Waals surface area contributed by atoms with E-state index in [1.807, 2.05) is 36.1 Å². The van der Waals surface area contributed by atoms with Crippen molar-refractivity contribution in [1.82, 2.24) is 9.80 Å². The molecule has 2 aliphatic rings. The number of carboxylic acids is 2. The minimum atomic E-state index is -1.26. The highest BCUT2D eigenvalue weighted by Gasteiger charge is 2.45. The fourth-order valence-electron chi connectivity index (χ4n) is 4.87. The van der Waals surface area contributed by atoms with Crippen molar-refractivity contribution in [2.45, 2.75) is 31.2 Å². The minimum Gasteiger partial charge on any atom is -0.478 e. The van der Waals surface area contributed by atoms with Gasteiger partial charge >= 0.3 is 11.9 Å². The van der Waals surface area contributed by atoms with Crippen molar-refractivity contribution < 1.29 is 29.0 Å². The van der Waals surface area contributed by atoms with E-state index in [4.69, 9.17) is 33.4 Å². The molecule has 4 rings (SSSR count). The summed E-state index contributed by atoms with van der Waals surface area (Å²) in [6, 6.07) is 11.9. The number of nitrogens with zero attached hydrogens (tertiary/aromatic N) is 2. The van der Waals surface area contributed by atoms with Gasteiger partial charge in [0.25, 0.3) is 5.91 Å². The monoisotopic (exact) mass is 562 g/mol. The van der Waals surface area contributed by atoms with Crippen LogP contribution in [-0.2, 0) is 19.8 Å². The van der Waals surface area contributed by atoms with Crippen LogP contribution in [0.3, 0.4) is 0 Å². The Bertz CT molecular complexity index is 1220. The lowest BCUT2D eigenvalue weighted by molar-refractivity contribution is -0.134. The Morgan fingerprint density at radius 3 is 2.03 bits per heavy atom. The first kappa shape index (κ1) is 29.4. The van der Waals surface area contributed by atoms with E-state index in [0.29, 0.717) is 28.7 Å². The molecular formula is C28H29Cl2FN2O5. The van der Waals surface area contributed by atoms with E-state index in [9.17, 15) is 18.8 Å². The van der Waals surface area contributed by atoms with Crippen molar-refractivity contribution in [3.05, 3.63) is 93.3 Å². The summed E-state index contributed by atoms with van der Waals surface area (Å²) in [6.45, 7) is 4.32. The molecule has 1 fully saturated rings. The van der Waals surface area contributed by atoms with Crippen LogP contribution in [-0.4, -0.2) is 64.5 Å².